The summed E-state index contributed by atoms with van der Waals surface area (Å²) in [5.41, 5.74) is 10.0. The summed E-state index contributed by atoms with van der Waals surface area (Å²) in [5, 5.41) is 2.17. The van der Waals surface area contributed by atoms with Gasteiger partial charge in [0.1, 0.15) is 0 Å². The number of fused-ring (bicyclic) bond motifs is 1. The Hall–Kier alpha value is -0.910. The van der Waals surface area contributed by atoms with E-state index in [1.807, 2.05) is 0 Å². The molecule has 3 rings (SSSR count). The number of rotatable bonds is 3. The molecule has 1 fully saturated rings. The molecule has 110 valence electrons. The van der Waals surface area contributed by atoms with Crippen LogP contribution in [0.1, 0.15) is 43.3 Å². The van der Waals surface area contributed by atoms with Crippen molar-refractivity contribution in [3.63, 3.8) is 0 Å². The predicted octanol–water partition coefficient (Wildman–Crippen LogP) is 2.72. The highest BCUT2D eigenvalue weighted by molar-refractivity contribution is 7.15. The zero-order chi connectivity index (χ0) is 14.3. The average Bonchev–Trinajstić information content (AvgIpc) is 2.92. The molecule has 0 radical (unpaired) electrons. The van der Waals surface area contributed by atoms with Crippen LogP contribution in [0.5, 0.6) is 0 Å². The molecule has 2 aromatic heterocycles. The number of hydrogen-bond donors (Lipinski definition) is 1. The minimum atomic E-state index is -0.282. The van der Waals surface area contributed by atoms with Crippen molar-refractivity contribution in [1.29, 1.82) is 0 Å². The maximum Gasteiger partial charge on any atom is 0.194 e. The van der Waals surface area contributed by atoms with E-state index in [1.165, 1.54) is 30.7 Å². The van der Waals surface area contributed by atoms with E-state index in [9.17, 15) is 0 Å². The molecular weight excluding hydrogens is 268 g/mol. The molecular formula is C15H24N4S. The molecule has 1 aliphatic rings. The monoisotopic (exact) mass is 292 g/mol. The Kier molecular flexibility index (Phi) is 3.60. The summed E-state index contributed by atoms with van der Waals surface area (Å²) < 4.78 is 2.27. The van der Waals surface area contributed by atoms with Crippen LogP contribution in [-0.2, 0) is 6.42 Å². The fourth-order valence-electron chi connectivity index (χ4n) is 3.23. The van der Waals surface area contributed by atoms with Crippen molar-refractivity contribution in [2.75, 3.05) is 13.1 Å². The molecule has 0 aliphatic carbocycles. The van der Waals surface area contributed by atoms with Gasteiger partial charge in [-0.15, -0.1) is 11.3 Å². The number of imidazole rings is 1. The lowest BCUT2D eigenvalue weighted by atomic mass is 10.00. The Labute approximate surface area is 124 Å². The summed E-state index contributed by atoms with van der Waals surface area (Å²) >= 11 is 1.71. The van der Waals surface area contributed by atoms with Gasteiger partial charge in [-0.05, 0) is 46.7 Å². The maximum absolute atomic E-state index is 6.65. The van der Waals surface area contributed by atoms with Crippen molar-refractivity contribution in [3.8, 4) is 0 Å². The van der Waals surface area contributed by atoms with Crippen LogP contribution in [0.3, 0.4) is 0 Å². The quantitative estimate of drug-likeness (QED) is 0.946. The summed E-state index contributed by atoms with van der Waals surface area (Å²) in [5.74, 6) is 0. The standard InChI is InChI=1S/C15H24N4S/c1-11-10-20-14-17-12(2)13(19(11)14)9-15(3,16)18-7-5-4-6-8-18/h10H,4-9,16H2,1-3H3. The molecule has 1 unspecified atom stereocenters. The molecule has 0 amide bonds. The predicted molar refractivity (Wildman–Crippen MR) is 84.3 cm³/mol. The van der Waals surface area contributed by atoms with Gasteiger partial charge in [-0.25, -0.2) is 4.98 Å². The summed E-state index contributed by atoms with van der Waals surface area (Å²) in [6, 6.07) is 0. The van der Waals surface area contributed by atoms with Gasteiger partial charge in [-0.1, -0.05) is 6.42 Å². The second-order valence-electron chi connectivity index (χ2n) is 6.22. The van der Waals surface area contributed by atoms with Gasteiger partial charge in [-0.2, -0.15) is 0 Å². The zero-order valence-corrected chi connectivity index (χ0v) is 13.5. The van der Waals surface area contributed by atoms with Crippen molar-refractivity contribution in [2.24, 2.45) is 5.73 Å². The summed E-state index contributed by atoms with van der Waals surface area (Å²) in [6.45, 7) is 8.65. The highest BCUT2D eigenvalue weighted by Gasteiger charge is 2.31. The Morgan fingerprint density at radius 3 is 2.70 bits per heavy atom. The van der Waals surface area contributed by atoms with E-state index in [-0.39, 0.29) is 5.66 Å². The number of aromatic nitrogens is 2. The van der Waals surface area contributed by atoms with Crippen LogP contribution in [0.15, 0.2) is 5.38 Å². The van der Waals surface area contributed by atoms with Crippen LogP contribution in [0.25, 0.3) is 4.96 Å². The third kappa shape index (κ3) is 2.38. The Morgan fingerprint density at radius 2 is 2.00 bits per heavy atom. The third-order valence-corrected chi connectivity index (χ3v) is 5.38. The Bertz CT molecular complexity index is 605. The highest BCUT2D eigenvalue weighted by atomic mass is 32.1. The normalized spacial score (nSPS) is 20.4. The molecule has 0 bridgehead atoms. The first-order valence-corrected chi connectivity index (χ1v) is 8.33. The van der Waals surface area contributed by atoms with E-state index < -0.39 is 0 Å². The molecule has 5 heteroatoms. The minimum Gasteiger partial charge on any atom is -0.313 e. The van der Waals surface area contributed by atoms with Gasteiger partial charge in [0.25, 0.3) is 0 Å². The van der Waals surface area contributed by atoms with Gasteiger partial charge >= 0.3 is 0 Å². The number of nitrogens with two attached hydrogens (primary N) is 1. The van der Waals surface area contributed by atoms with E-state index in [0.29, 0.717) is 0 Å². The molecule has 2 aromatic rings. The zero-order valence-electron chi connectivity index (χ0n) is 12.6. The van der Waals surface area contributed by atoms with Gasteiger partial charge in [-0.3, -0.25) is 9.30 Å². The van der Waals surface area contributed by atoms with Crippen LogP contribution in [0.4, 0.5) is 0 Å². The molecule has 0 aromatic carbocycles. The number of piperidine rings is 1. The first-order valence-electron chi connectivity index (χ1n) is 7.45. The first-order chi connectivity index (χ1) is 9.49. The van der Waals surface area contributed by atoms with E-state index in [2.05, 4.69) is 40.4 Å². The number of thiazole rings is 1. The van der Waals surface area contributed by atoms with Crippen LogP contribution in [0, 0.1) is 13.8 Å². The van der Waals surface area contributed by atoms with Crippen molar-refractivity contribution in [3.05, 3.63) is 22.5 Å². The van der Waals surface area contributed by atoms with Crippen LogP contribution in [-0.4, -0.2) is 33.0 Å². The van der Waals surface area contributed by atoms with Crippen LogP contribution >= 0.6 is 11.3 Å². The van der Waals surface area contributed by atoms with Gasteiger partial charge in [0.15, 0.2) is 4.96 Å². The lowest BCUT2D eigenvalue weighted by molar-refractivity contribution is 0.0845. The van der Waals surface area contributed by atoms with E-state index in [0.717, 1.165) is 30.2 Å². The number of likely N-dealkylation sites (tertiary alicyclic amines) is 1. The molecule has 0 spiro atoms. The van der Waals surface area contributed by atoms with Gasteiger partial charge in [0.05, 0.1) is 11.4 Å². The molecule has 3 heterocycles. The maximum atomic E-state index is 6.65. The lowest BCUT2D eigenvalue weighted by Crippen LogP contribution is -2.57. The SMILES string of the molecule is Cc1nc2scc(C)n2c1CC(C)(N)N1CCCCC1. The van der Waals surface area contributed by atoms with Crippen LogP contribution < -0.4 is 5.73 Å². The summed E-state index contributed by atoms with van der Waals surface area (Å²) in [7, 11) is 0. The van der Waals surface area contributed by atoms with Crippen molar-refractivity contribution >= 4 is 16.3 Å². The van der Waals surface area contributed by atoms with Gasteiger partial charge in [0, 0.05) is 23.2 Å². The molecule has 1 aliphatic heterocycles. The van der Waals surface area contributed by atoms with E-state index >= 15 is 0 Å². The van der Waals surface area contributed by atoms with E-state index in [4.69, 9.17) is 5.73 Å². The molecule has 20 heavy (non-hydrogen) atoms. The Morgan fingerprint density at radius 1 is 1.30 bits per heavy atom. The minimum absolute atomic E-state index is 0.282. The van der Waals surface area contributed by atoms with Crippen molar-refractivity contribution in [2.45, 2.75) is 52.1 Å². The fraction of sp³-hybridized carbons (Fsp3) is 0.667. The van der Waals surface area contributed by atoms with Gasteiger partial charge < -0.3 is 5.73 Å². The number of hydrogen-bond acceptors (Lipinski definition) is 4. The molecule has 4 nitrogen and oxygen atoms in total. The molecule has 2 N–H and O–H groups in total. The summed E-state index contributed by atoms with van der Waals surface area (Å²) in [4.78, 5) is 8.20. The van der Waals surface area contributed by atoms with Crippen molar-refractivity contribution in [1.82, 2.24) is 14.3 Å². The second-order valence-corrected chi connectivity index (χ2v) is 7.06. The lowest BCUT2D eigenvalue weighted by Gasteiger charge is -2.40. The third-order valence-electron chi connectivity index (χ3n) is 4.43. The first kappa shape index (κ1) is 14.0. The van der Waals surface area contributed by atoms with E-state index in [1.54, 1.807) is 11.3 Å². The topological polar surface area (TPSA) is 46.6 Å². The number of nitrogens with zero attached hydrogens (tertiary/aromatic N) is 3. The molecule has 1 saturated heterocycles. The van der Waals surface area contributed by atoms with Crippen molar-refractivity contribution < 1.29 is 0 Å². The largest absolute Gasteiger partial charge is 0.313 e. The molecule has 0 saturated carbocycles. The highest BCUT2D eigenvalue weighted by Crippen LogP contribution is 2.26. The van der Waals surface area contributed by atoms with Crippen LogP contribution in [0.2, 0.25) is 0 Å². The summed E-state index contributed by atoms with van der Waals surface area (Å²) in [6.07, 6.45) is 4.74. The fourth-order valence-corrected chi connectivity index (χ4v) is 4.16. The second kappa shape index (κ2) is 5.13. The Balaban J connectivity index is 1.91. The average molecular weight is 292 g/mol. The molecule has 1 atom stereocenters. The van der Waals surface area contributed by atoms with Gasteiger partial charge in [0.2, 0.25) is 0 Å². The number of aryl methyl sites for hydroxylation is 2. The smallest absolute Gasteiger partial charge is 0.194 e.